The number of hydrogen-bond acceptors (Lipinski definition) is 0. The van der Waals surface area contributed by atoms with Gasteiger partial charge in [-0.3, -0.25) is 0 Å². The quantitative estimate of drug-likeness (QED) is 0.188. The zero-order valence-corrected chi connectivity index (χ0v) is 27.1. The standard InChI is InChI=1S/C44H32.C2H6/c1-42(2)38-20-19-33(25-36(38)37-24-30-13-5-6-14-31(30)26-39(37)42)41-35-16-8-7-15-34(35)40(43-21-9-10-22-44(41,43)27-43)32-18-17-28-11-3-4-12-29(28)23-32;1-2/h3-26H,27H2,1-2H3;1-2H3. The average molecular weight is 591 g/mol. The van der Waals surface area contributed by atoms with Gasteiger partial charge in [0, 0.05) is 16.2 Å². The van der Waals surface area contributed by atoms with Crippen LogP contribution in [0.15, 0.2) is 146 Å². The Morgan fingerprint density at radius 2 is 0.957 bits per heavy atom. The van der Waals surface area contributed by atoms with Crippen LogP contribution in [-0.4, -0.2) is 0 Å². The first kappa shape index (κ1) is 27.4. The van der Waals surface area contributed by atoms with Gasteiger partial charge in [0.25, 0.3) is 0 Å². The molecule has 10 rings (SSSR count). The minimum absolute atomic E-state index is 0.0332. The second-order valence-electron chi connectivity index (χ2n) is 13.8. The molecule has 0 N–H and O–H groups in total. The number of hydrogen-bond donors (Lipinski definition) is 0. The van der Waals surface area contributed by atoms with Crippen LogP contribution in [0.5, 0.6) is 0 Å². The molecule has 0 aromatic heterocycles. The Hall–Kier alpha value is -4.94. The van der Waals surface area contributed by atoms with Gasteiger partial charge in [-0.25, -0.2) is 0 Å². The van der Waals surface area contributed by atoms with Crippen LogP contribution in [0, 0.1) is 10.8 Å². The molecule has 0 bridgehead atoms. The maximum absolute atomic E-state index is 2.52. The van der Waals surface area contributed by atoms with Crippen LogP contribution in [0.25, 0.3) is 43.8 Å². The number of fused-ring (bicyclic) bond motifs is 6. The normalized spacial score (nSPS) is 22.3. The van der Waals surface area contributed by atoms with E-state index in [1.807, 2.05) is 13.8 Å². The van der Waals surface area contributed by atoms with Crippen LogP contribution in [0.4, 0.5) is 0 Å². The van der Waals surface area contributed by atoms with E-state index in [1.54, 1.807) is 0 Å². The van der Waals surface area contributed by atoms with E-state index in [0.717, 1.165) is 6.42 Å². The molecule has 0 amide bonds. The molecule has 2 unspecified atom stereocenters. The maximum Gasteiger partial charge on any atom is 0.0291 e. The average Bonchev–Trinajstić information content (AvgIpc) is 3.75. The lowest BCUT2D eigenvalue weighted by Gasteiger charge is -2.33. The van der Waals surface area contributed by atoms with Crippen molar-refractivity contribution in [1.29, 1.82) is 0 Å². The van der Waals surface area contributed by atoms with Gasteiger partial charge in [-0.15, -0.1) is 0 Å². The van der Waals surface area contributed by atoms with Crippen LogP contribution >= 0.6 is 0 Å². The summed E-state index contributed by atoms with van der Waals surface area (Å²) in [6, 6.07) is 46.0. The van der Waals surface area contributed by atoms with Crippen molar-refractivity contribution in [2.45, 2.75) is 39.5 Å². The van der Waals surface area contributed by atoms with Gasteiger partial charge in [-0.05, 0) is 107 Å². The molecule has 0 heterocycles. The van der Waals surface area contributed by atoms with Crippen molar-refractivity contribution in [3.05, 3.63) is 178 Å². The first-order valence-corrected chi connectivity index (χ1v) is 16.9. The maximum atomic E-state index is 2.52. The van der Waals surface area contributed by atoms with Gasteiger partial charge < -0.3 is 0 Å². The summed E-state index contributed by atoms with van der Waals surface area (Å²) in [5, 5.41) is 7.97. The summed E-state index contributed by atoms with van der Waals surface area (Å²) < 4.78 is 0. The lowest BCUT2D eigenvalue weighted by atomic mass is 9.69. The first-order chi connectivity index (χ1) is 22.5. The van der Waals surface area contributed by atoms with Crippen molar-refractivity contribution < 1.29 is 0 Å². The van der Waals surface area contributed by atoms with Crippen LogP contribution < -0.4 is 10.4 Å². The first-order valence-electron chi connectivity index (χ1n) is 16.9. The Labute approximate surface area is 271 Å². The molecule has 6 aromatic carbocycles. The molecule has 0 saturated heterocycles. The summed E-state index contributed by atoms with van der Waals surface area (Å²) in [4.78, 5) is 0. The van der Waals surface area contributed by atoms with E-state index in [4.69, 9.17) is 0 Å². The van der Waals surface area contributed by atoms with Crippen LogP contribution in [0.3, 0.4) is 0 Å². The van der Waals surface area contributed by atoms with Crippen molar-refractivity contribution >= 4 is 32.7 Å². The molecule has 1 fully saturated rings. The summed E-state index contributed by atoms with van der Waals surface area (Å²) in [7, 11) is 0. The Balaban J connectivity index is 0.00000143. The van der Waals surface area contributed by atoms with Gasteiger partial charge in [0.2, 0.25) is 0 Å². The van der Waals surface area contributed by atoms with Crippen molar-refractivity contribution in [2.24, 2.45) is 10.8 Å². The molecule has 46 heavy (non-hydrogen) atoms. The zero-order chi connectivity index (χ0) is 31.3. The highest BCUT2D eigenvalue weighted by atomic mass is 14.7. The van der Waals surface area contributed by atoms with Gasteiger partial charge >= 0.3 is 0 Å². The predicted octanol–water partition coefficient (Wildman–Crippen LogP) is 10.2. The predicted molar refractivity (Wildman–Crippen MR) is 195 cm³/mol. The number of benzene rings is 6. The second-order valence-corrected chi connectivity index (χ2v) is 13.8. The van der Waals surface area contributed by atoms with Gasteiger partial charge in [0.15, 0.2) is 0 Å². The van der Waals surface area contributed by atoms with Crippen molar-refractivity contribution in [2.75, 3.05) is 0 Å². The highest BCUT2D eigenvalue weighted by Gasteiger charge is 2.70. The molecular formula is C46H38. The van der Waals surface area contributed by atoms with E-state index in [2.05, 4.69) is 159 Å². The Kier molecular flexibility index (Phi) is 5.68. The third-order valence-electron chi connectivity index (χ3n) is 11.3. The molecule has 4 aliphatic carbocycles. The van der Waals surface area contributed by atoms with Gasteiger partial charge in [0.1, 0.15) is 0 Å². The van der Waals surface area contributed by atoms with E-state index >= 15 is 0 Å². The topological polar surface area (TPSA) is 0 Å². The molecule has 6 aromatic rings. The summed E-state index contributed by atoms with van der Waals surface area (Å²) in [6.07, 6.45) is 10.7. The van der Waals surface area contributed by atoms with E-state index in [1.165, 1.54) is 76.5 Å². The molecule has 2 atom stereocenters. The van der Waals surface area contributed by atoms with Crippen LogP contribution in [0.2, 0.25) is 0 Å². The van der Waals surface area contributed by atoms with E-state index in [0.29, 0.717) is 0 Å². The third-order valence-corrected chi connectivity index (χ3v) is 11.3. The third kappa shape index (κ3) is 3.45. The smallest absolute Gasteiger partial charge is 0.0291 e. The van der Waals surface area contributed by atoms with E-state index in [9.17, 15) is 0 Å². The van der Waals surface area contributed by atoms with Crippen LogP contribution in [0.1, 0.15) is 56.4 Å². The van der Waals surface area contributed by atoms with Gasteiger partial charge in [-0.2, -0.15) is 0 Å². The van der Waals surface area contributed by atoms with Crippen LogP contribution in [-0.2, 0) is 5.41 Å². The highest BCUT2D eigenvalue weighted by molar-refractivity contribution is 5.97. The van der Waals surface area contributed by atoms with E-state index in [-0.39, 0.29) is 16.2 Å². The SMILES string of the molecule is CC.CC1(C)c2ccc(C3=c4ccccc4=C(c4ccc5ccccc5c4)C45C=CC=CC34C5)cc2-c2cc3ccccc3cc21. The molecule has 0 heteroatoms. The summed E-state index contributed by atoms with van der Waals surface area (Å²) in [6.45, 7) is 8.78. The fraction of sp³-hybridized carbons (Fsp3) is 0.174. The van der Waals surface area contributed by atoms with Crippen molar-refractivity contribution in [3.63, 3.8) is 0 Å². The summed E-state index contributed by atoms with van der Waals surface area (Å²) in [5.41, 5.74) is 11.2. The number of rotatable bonds is 2. The summed E-state index contributed by atoms with van der Waals surface area (Å²) in [5.74, 6) is 0. The molecule has 0 aliphatic heterocycles. The van der Waals surface area contributed by atoms with Gasteiger partial charge in [0.05, 0.1) is 0 Å². The lowest BCUT2D eigenvalue weighted by molar-refractivity contribution is 0.660. The zero-order valence-electron chi connectivity index (χ0n) is 27.1. The molecule has 0 spiro atoms. The number of allylic oxidation sites excluding steroid dienone is 4. The fourth-order valence-corrected chi connectivity index (χ4v) is 9.20. The fourth-order valence-electron chi connectivity index (χ4n) is 9.20. The molecule has 0 nitrogen and oxygen atoms in total. The minimum atomic E-state index is -0.0499. The Morgan fingerprint density at radius 3 is 1.61 bits per heavy atom. The monoisotopic (exact) mass is 590 g/mol. The van der Waals surface area contributed by atoms with Crippen molar-refractivity contribution in [3.8, 4) is 11.1 Å². The Bertz CT molecular complexity index is 2450. The Morgan fingerprint density at radius 1 is 0.457 bits per heavy atom. The molecule has 4 aliphatic rings. The molecule has 0 radical (unpaired) electrons. The highest BCUT2D eigenvalue weighted by Crippen LogP contribution is 2.77. The molecular weight excluding hydrogens is 553 g/mol. The largest absolute Gasteiger partial charge is 0.0727 e. The molecule has 1 saturated carbocycles. The van der Waals surface area contributed by atoms with E-state index < -0.39 is 0 Å². The second kappa shape index (κ2) is 9.54. The van der Waals surface area contributed by atoms with Gasteiger partial charge in [-0.1, -0.05) is 149 Å². The van der Waals surface area contributed by atoms with Crippen molar-refractivity contribution in [1.82, 2.24) is 0 Å². The summed E-state index contributed by atoms with van der Waals surface area (Å²) >= 11 is 0. The molecule has 222 valence electrons. The lowest BCUT2D eigenvalue weighted by Crippen LogP contribution is -2.40. The minimum Gasteiger partial charge on any atom is -0.0727 e.